The molecular formula is C18H27N3OS. The van der Waals surface area contributed by atoms with E-state index in [0.717, 1.165) is 23.0 Å². The number of hydrogen-bond acceptors (Lipinski definition) is 4. The van der Waals surface area contributed by atoms with Crippen molar-refractivity contribution in [1.82, 2.24) is 15.3 Å². The van der Waals surface area contributed by atoms with Gasteiger partial charge in [0.1, 0.15) is 10.9 Å². The molecule has 126 valence electrons. The average molecular weight is 334 g/mol. The van der Waals surface area contributed by atoms with Crippen LogP contribution in [0.1, 0.15) is 73.7 Å². The maximum Gasteiger partial charge on any atom is 0.255 e. The molecule has 0 unspecified atom stereocenters. The van der Waals surface area contributed by atoms with Crippen molar-refractivity contribution in [1.29, 1.82) is 0 Å². The van der Waals surface area contributed by atoms with Crippen LogP contribution in [0.15, 0.2) is 16.7 Å². The minimum atomic E-state index is -0.0569. The molecule has 0 radical (unpaired) electrons. The molecule has 1 amide bonds. The Bertz CT molecular complexity index is 596. The normalized spacial score (nSPS) is 14.7. The molecule has 0 bridgehead atoms. The Morgan fingerprint density at radius 2 is 2.13 bits per heavy atom. The summed E-state index contributed by atoms with van der Waals surface area (Å²) in [6.07, 6.45) is 10.2. The predicted octanol–water partition coefficient (Wildman–Crippen LogP) is 4.25. The predicted molar refractivity (Wildman–Crippen MR) is 96.1 cm³/mol. The highest BCUT2D eigenvalue weighted by Gasteiger charge is 2.19. The summed E-state index contributed by atoms with van der Waals surface area (Å²) in [5, 5.41) is 3.81. The zero-order chi connectivity index (χ0) is 16.8. The van der Waals surface area contributed by atoms with Crippen molar-refractivity contribution in [2.75, 3.05) is 12.8 Å². The lowest BCUT2D eigenvalue weighted by Crippen LogP contribution is -2.27. The molecule has 0 saturated carbocycles. The van der Waals surface area contributed by atoms with Crippen LogP contribution in [0.25, 0.3) is 0 Å². The zero-order valence-electron chi connectivity index (χ0n) is 14.6. The molecule has 1 N–H and O–H groups in total. The van der Waals surface area contributed by atoms with Gasteiger partial charge in [0.2, 0.25) is 0 Å². The SMILES string of the molecule is CSc1nc(C(C)C)nc(C)c1C(=O)NCCC1=CCCCC1. The van der Waals surface area contributed by atoms with Crippen LogP contribution in [-0.4, -0.2) is 28.7 Å². The van der Waals surface area contributed by atoms with E-state index in [9.17, 15) is 4.79 Å². The monoisotopic (exact) mass is 333 g/mol. The van der Waals surface area contributed by atoms with Crippen LogP contribution in [0.3, 0.4) is 0 Å². The molecular weight excluding hydrogens is 306 g/mol. The number of allylic oxidation sites excluding steroid dienone is 1. The lowest BCUT2D eigenvalue weighted by molar-refractivity contribution is 0.0949. The molecule has 2 rings (SSSR count). The third-order valence-electron chi connectivity index (χ3n) is 4.13. The standard InChI is InChI=1S/C18H27N3OS/c1-12(2)16-20-13(3)15(18(21-16)23-4)17(22)19-11-10-14-8-6-5-7-9-14/h8,12H,5-7,9-11H2,1-4H3,(H,19,22). The first-order valence-electron chi connectivity index (χ1n) is 8.41. The second kappa shape index (κ2) is 8.48. The summed E-state index contributed by atoms with van der Waals surface area (Å²) in [6.45, 7) is 6.71. The number of aryl methyl sites for hydroxylation is 1. The van der Waals surface area contributed by atoms with Crippen LogP contribution in [0.2, 0.25) is 0 Å². The Labute approximate surface area is 143 Å². The summed E-state index contributed by atoms with van der Waals surface area (Å²) in [6, 6.07) is 0. The van der Waals surface area contributed by atoms with Gasteiger partial charge in [-0.05, 0) is 45.3 Å². The van der Waals surface area contributed by atoms with Crippen molar-refractivity contribution >= 4 is 17.7 Å². The molecule has 0 fully saturated rings. The quantitative estimate of drug-likeness (QED) is 0.480. The van der Waals surface area contributed by atoms with Crippen molar-refractivity contribution in [3.05, 3.63) is 28.7 Å². The highest BCUT2D eigenvalue weighted by atomic mass is 32.2. The van der Waals surface area contributed by atoms with Gasteiger partial charge in [-0.1, -0.05) is 25.5 Å². The number of thioether (sulfide) groups is 1. The third-order valence-corrected chi connectivity index (χ3v) is 4.81. The van der Waals surface area contributed by atoms with Crippen LogP contribution in [-0.2, 0) is 0 Å². The smallest absolute Gasteiger partial charge is 0.255 e. The minimum Gasteiger partial charge on any atom is -0.352 e. The average Bonchev–Trinajstić information content (AvgIpc) is 2.54. The van der Waals surface area contributed by atoms with Crippen LogP contribution < -0.4 is 5.32 Å². The summed E-state index contributed by atoms with van der Waals surface area (Å²) in [5.74, 6) is 1.00. The number of aromatic nitrogens is 2. The molecule has 1 aromatic rings. The molecule has 23 heavy (non-hydrogen) atoms. The Balaban J connectivity index is 2.04. The van der Waals surface area contributed by atoms with Gasteiger partial charge in [0.15, 0.2) is 0 Å². The fourth-order valence-corrected chi connectivity index (χ4v) is 3.42. The van der Waals surface area contributed by atoms with Gasteiger partial charge in [-0.3, -0.25) is 4.79 Å². The largest absolute Gasteiger partial charge is 0.352 e. The number of nitrogens with one attached hydrogen (secondary N) is 1. The number of hydrogen-bond donors (Lipinski definition) is 1. The first-order valence-corrected chi connectivity index (χ1v) is 9.64. The van der Waals surface area contributed by atoms with Gasteiger partial charge in [0.05, 0.1) is 11.3 Å². The molecule has 1 aromatic heterocycles. The summed E-state index contributed by atoms with van der Waals surface area (Å²) in [4.78, 5) is 21.6. The van der Waals surface area contributed by atoms with E-state index in [1.807, 2.05) is 13.2 Å². The van der Waals surface area contributed by atoms with Crippen molar-refractivity contribution in [3.63, 3.8) is 0 Å². The maximum atomic E-state index is 12.5. The molecule has 0 aliphatic heterocycles. The first-order chi connectivity index (χ1) is 11.0. The fraction of sp³-hybridized carbons (Fsp3) is 0.611. The number of rotatable bonds is 6. The molecule has 0 atom stereocenters. The van der Waals surface area contributed by atoms with E-state index in [0.29, 0.717) is 12.1 Å². The summed E-state index contributed by atoms with van der Waals surface area (Å²) in [7, 11) is 0. The Hall–Kier alpha value is -1.36. The Morgan fingerprint density at radius 3 is 2.74 bits per heavy atom. The molecule has 0 spiro atoms. The van der Waals surface area contributed by atoms with Crippen LogP contribution in [0, 0.1) is 6.92 Å². The summed E-state index contributed by atoms with van der Waals surface area (Å²) < 4.78 is 0. The van der Waals surface area contributed by atoms with Gasteiger partial charge < -0.3 is 5.32 Å². The number of nitrogens with zero attached hydrogens (tertiary/aromatic N) is 2. The number of amides is 1. The fourth-order valence-electron chi connectivity index (χ4n) is 2.79. The molecule has 4 nitrogen and oxygen atoms in total. The molecule has 1 aliphatic rings. The van der Waals surface area contributed by atoms with E-state index >= 15 is 0 Å². The number of carbonyl (C=O) groups excluding carboxylic acids is 1. The first kappa shape index (κ1) is 18.0. The van der Waals surface area contributed by atoms with E-state index in [4.69, 9.17) is 0 Å². The van der Waals surface area contributed by atoms with Gasteiger partial charge >= 0.3 is 0 Å². The van der Waals surface area contributed by atoms with E-state index in [2.05, 4.69) is 35.2 Å². The Kier molecular flexibility index (Phi) is 6.63. The summed E-state index contributed by atoms with van der Waals surface area (Å²) in [5.41, 5.74) is 2.87. The lowest BCUT2D eigenvalue weighted by atomic mass is 9.97. The van der Waals surface area contributed by atoms with E-state index in [1.54, 1.807) is 0 Å². The highest BCUT2D eigenvalue weighted by molar-refractivity contribution is 7.98. The molecule has 1 aliphatic carbocycles. The van der Waals surface area contributed by atoms with E-state index in [-0.39, 0.29) is 11.8 Å². The second-order valence-electron chi connectivity index (χ2n) is 6.32. The van der Waals surface area contributed by atoms with Gasteiger partial charge in [-0.25, -0.2) is 9.97 Å². The maximum absolute atomic E-state index is 12.5. The van der Waals surface area contributed by atoms with E-state index < -0.39 is 0 Å². The van der Waals surface area contributed by atoms with E-state index in [1.165, 1.54) is 43.0 Å². The van der Waals surface area contributed by atoms with Gasteiger partial charge in [-0.15, -0.1) is 11.8 Å². The topological polar surface area (TPSA) is 54.9 Å². The van der Waals surface area contributed by atoms with Crippen molar-refractivity contribution in [3.8, 4) is 0 Å². The molecule has 1 heterocycles. The minimum absolute atomic E-state index is 0.0569. The molecule has 5 heteroatoms. The van der Waals surface area contributed by atoms with Crippen LogP contribution in [0.5, 0.6) is 0 Å². The highest BCUT2D eigenvalue weighted by Crippen LogP contribution is 2.23. The number of carbonyl (C=O) groups is 1. The van der Waals surface area contributed by atoms with Crippen LogP contribution >= 0.6 is 11.8 Å². The van der Waals surface area contributed by atoms with Crippen LogP contribution in [0.4, 0.5) is 0 Å². The third kappa shape index (κ3) is 4.80. The lowest BCUT2D eigenvalue weighted by Gasteiger charge is -2.15. The van der Waals surface area contributed by atoms with Crippen molar-refractivity contribution in [2.24, 2.45) is 0 Å². The van der Waals surface area contributed by atoms with Gasteiger partial charge in [-0.2, -0.15) is 0 Å². The summed E-state index contributed by atoms with van der Waals surface area (Å²) >= 11 is 1.51. The molecule has 0 aromatic carbocycles. The van der Waals surface area contributed by atoms with Gasteiger partial charge in [0, 0.05) is 12.5 Å². The van der Waals surface area contributed by atoms with Gasteiger partial charge in [0.25, 0.3) is 5.91 Å². The zero-order valence-corrected chi connectivity index (χ0v) is 15.4. The Morgan fingerprint density at radius 1 is 1.35 bits per heavy atom. The van der Waals surface area contributed by atoms with Crippen molar-refractivity contribution < 1.29 is 4.79 Å². The van der Waals surface area contributed by atoms with Crippen molar-refractivity contribution in [2.45, 2.75) is 63.8 Å². The second-order valence-corrected chi connectivity index (χ2v) is 7.12. The molecule has 0 saturated heterocycles.